The summed E-state index contributed by atoms with van der Waals surface area (Å²) in [5.74, 6) is 0. The van der Waals surface area contributed by atoms with E-state index in [1.165, 1.54) is 0 Å². The molecule has 1 unspecified atom stereocenters. The Balaban J connectivity index is 2.60. The molecule has 1 heterocycles. The third-order valence-electron chi connectivity index (χ3n) is 3.75. The highest BCUT2D eigenvalue weighted by atomic mass is 16.5. The lowest BCUT2D eigenvalue weighted by molar-refractivity contribution is -0.0821. The van der Waals surface area contributed by atoms with Crippen molar-refractivity contribution in [2.45, 2.75) is 58.5 Å². The monoisotopic (exact) mass is 258 g/mol. The van der Waals surface area contributed by atoms with Crippen LogP contribution >= 0.6 is 0 Å². The molecule has 0 aromatic rings. The zero-order valence-corrected chi connectivity index (χ0v) is 12.8. The van der Waals surface area contributed by atoms with Crippen molar-refractivity contribution in [3.8, 4) is 0 Å². The fourth-order valence-corrected chi connectivity index (χ4v) is 2.61. The summed E-state index contributed by atoms with van der Waals surface area (Å²) in [6.07, 6.45) is 0.642. The molecule has 0 amide bonds. The van der Waals surface area contributed by atoms with Crippen molar-refractivity contribution in [3.05, 3.63) is 0 Å². The molecule has 1 fully saturated rings. The molecular formula is C14H30N2O2. The molecule has 108 valence electrons. The van der Waals surface area contributed by atoms with Crippen LogP contribution in [0.3, 0.4) is 0 Å². The molecule has 18 heavy (non-hydrogen) atoms. The number of rotatable bonds is 6. The van der Waals surface area contributed by atoms with Gasteiger partial charge in [-0.25, -0.2) is 0 Å². The van der Waals surface area contributed by atoms with E-state index in [-0.39, 0.29) is 5.60 Å². The molecular weight excluding hydrogens is 228 g/mol. The number of hydrogen-bond donors (Lipinski definition) is 1. The van der Waals surface area contributed by atoms with Gasteiger partial charge >= 0.3 is 0 Å². The van der Waals surface area contributed by atoms with Gasteiger partial charge in [0.15, 0.2) is 0 Å². The first-order valence-corrected chi connectivity index (χ1v) is 7.05. The standard InChI is InChI=1S/C14H30N2O2/c1-7-15-13(14(4,5)17-6)10-16-8-11(2)18-12(3)9-16/h11-13,15H,7-10H2,1-6H3/t11-,12+,13?. The molecule has 0 aromatic carbocycles. The maximum Gasteiger partial charge on any atom is 0.0787 e. The molecule has 0 saturated carbocycles. The molecule has 0 radical (unpaired) electrons. The molecule has 0 bridgehead atoms. The highest BCUT2D eigenvalue weighted by Crippen LogP contribution is 2.18. The second-order valence-corrected chi connectivity index (χ2v) is 5.89. The van der Waals surface area contributed by atoms with Crippen molar-refractivity contribution in [1.82, 2.24) is 10.2 Å². The summed E-state index contributed by atoms with van der Waals surface area (Å²) < 4.78 is 11.4. The molecule has 1 rings (SSSR count). The second-order valence-electron chi connectivity index (χ2n) is 5.89. The Morgan fingerprint density at radius 3 is 2.33 bits per heavy atom. The summed E-state index contributed by atoms with van der Waals surface area (Å²) in [6, 6.07) is 0.338. The van der Waals surface area contributed by atoms with Gasteiger partial charge in [0.25, 0.3) is 0 Å². The summed E-state index contributed by atoms with van der Waals surface area (Å²) in [6.45, 7) is 14.7. The van der Waals surface area contributed by atoms with Gasteiger partial charge in [-0.2, -0.15) is 0 Å². The van der Waals surface area contributed by atoms with Gasteiger partial charge in [0.2, 0.25) is 0 Å². The van der Waals surface area contributed by atoms with Gasteiger partial charge in [-0.1, -0.05) is 6.92 Å². The van der Waals surface area contributed by atoms with E-state index in [4.69, 9.17) is 9.47 Å². The van der Waals surface area contributed by atoms with Gasteiger partial charge in [0.05, 0.1) is 17.8 Å². The topological polar surface area (TPSA) is 33.7 Å². The number of ether oxygens (including phenoxy) is 2. The maximum atomic E-state index is 5.78. The summed E-state index contributed by atoms with van der Waals surface area (Å²) in [4.78, 5) is 2.48. The Morgan fingerprint density at radius 2 is 1.89 bits per heavy atom. The van der Waals surface area contributed by atoms with Crippen molar-refractivity contribution < 1.29 is 9.47 Å². The number of hydrogen-bond acceptors (Lipinski definition) is 4. The average molecular weight is 258 g/mol. The van der Waals surface area contributed by atoms with Crippen LogP contribution in [0.1, 0.15) is 34.6 Å². The first-order valence-electron chi connectivity index (χ1n) is 7.05. The van der Waals surface area contributed by atoms with Crippen LogP contribution in [0.15, 0.2) is 0 Å². The van der Waals surface area contributed by atoms with Crippen LogP contribution in [0.5, 0.6) is 0 Å². The lowest BCUT2D eigenvalue weighted by Crippen LogP contribution is -2.57. The van der Waals surface area contributed by atoms with Crippen molar-refractivity contribution in [2.24, 2.45) is 0 Å². The van der Waals surface area contributed by atoms with Gasteiger partial charge in [0, 0.05) is 32.8 Å². The van der Waals surface area contributed by atoms with Crippen LogP contribution in [-0.2, 0) is 9.47 Å². The number of morpholine rings is 1. The lowest BCUT2D eigenvalue weighted by atomic mass is 9.97. The predicted molar refractivity (Wildman–Crippen MR) is 75.0 cm³/mol. The van der Waals surface area contributed by atoms with E-state index in [0.717, 1.165) is 26.2 Å². The number of likely N-dealkylation sites (N-methyl/N-ethyl adjacent to an activating group) is 1. The largest absolute Gasteiger partial charge is 0.377 e. The fraction of sp³-hybridized carbons (Fsp3) is 1.00. The summed E-state index contributed by atoms with van der Waals surface area (Å²) in [5, 5.41) is 3.54. The van der Waals surface area contributed by atoms with Crippen LogP contribution in [-0.4, -0.2) is 62.0 Å². The molecule has 1 aliphatic rings. The highest BCUT2D eigenvalue weighted by molar-refractivity contribution is 4.89. The average Bonchev–Trinajstić information content (AvgIpc) is 2.27. The minimum atomic E-state index is -0.152. The van der Waals surface area contributed by atoms with Crippen LogP contribution in [0.25, 0.3) is 0 Å². The molecule has 0 spiro atoms. The van der Waals surface area contributed by atoms with Crippen molar-refractivity contribution in [1.29, 1.82) is 0 Å². The van der Waals surface area contributed by atoms with Crippen LogP contribution < -0.4 is 5.32 Å². The third kappa shape index (κ3) is 4.50. The lowest BCUT2D eigenvalue weighted by Gasteiger charge is -2.41. The van der Waals surface area contributed by atoms with Gasteiger partial charge in [-0.15, -0.1) is 0 Å². The minimum absolute atomic E-state index is 0.152. The van der Waals surface area contributed by atoms with Crippen LogP contribution in [0.4, 0.5) is 0 Å². The van der Waals surface area contributed by atoms with E-state index < -0.39 is 0 Å². The van der Waals surface area contributed by atoms with Crippen LogP contribution in [0.2, 0.25) is 0 Å². The van der Waals surface area contributed by atoms with Gasteiger partial charge in [-0.3, -0.25) is 4.90 Å². The van der Waals surface area contributed by atoms with Crippen molar-refractivity contribution in [2.75, 3.05) is 33.3 Å². The normalized spacial score (nSPS) is 28.3. The Kier molecular flexibility index (Phi) is 6.05. The summed E-state index contributed by atoms with van der Waals surface area (Å²) in [5.41, 5.74) is -0.152. The molecule has 0 aromatic heterocycles. The molecule has 4 heteroatoms. The minimum Gasteiger partial charge on any atom is -0.377 e. The van der Waals surface area contributed by atoms with Gasteiger partial charge < -0.3 is 14.8 Å². The summed E-state index contributed by atoms with van der Waals surface area (Å²) in [7, 11) is 1.79. The number of methoxy groups -OCH3 is 1. The number of nitrogens with zero attached hydrogens (tertiary/aromatic N) is 1. The van der Waals surface area contributed by atoms with Crippen molar-refractivity contribution >= 4 is 0 Å². The maximum absolute atomic E-state index is 5.78. The Bertz CT molecular complexity index is 236. The predicted octanol–water partition coefficient (Wildman–Crippen LogP) is 1.50. The first kappa shape index (κ1) is 15.9. The smallest absolute Gasteiger partial charge is 0.0787 e. The molecule has 0 aliphatic carbocycles. The van der Waals surface area contributed by atoms with Gasteiger partial charge in [-0.05, 0) is 34.2 Å². The Labute approximate surface area is 112 Å². The SMILES string of the molecule is CCNC(CN1C[C@@H](C)O[C@@H](C)C1)C(C)(C)OC. The van der Waals surface area contributed by atoms with E-state index in [1.54, 1.807) is 7.11 Å². The molecule has 1 aliphatic heterocycles. The highest BCUT2D eigenvalue weighted by Gasteiger charge is 2.32. The van der Waals surface area contributed by atoms with E-state index in [1.807, 2.05) is 0 Å². The zero-order chi connectivity index (χ0) is 13.8. The Morgan fingerprint density at radius 1 is 1.33 bits per heavy atom. The van der Waals surface area contributed by atoms with E-state index >= 15 is 0 Å². The molecule has 4 nitrogen and oxygen atoms in total. The first-order chi connectivity index (χ1) is 8.39. The zero-order valence-electron chi connectivity index (χ0n) is 12.8. The van der Waals surface area contributed by atoms with Crippen LogP contribution in [0, 0.1) is 0 Å². The second kappa shape index (κ2) is 6.85. The van der Waals surface area contributed by atoms with Crippen molar-refractivity contribution in [3.63, 3.8) is 0 Å². The Hall–Kier alpha value is -0.160. The van der Waals surface area contributed by atoms with E-state index in [9.17, 15) is 0 Å². The quantitative estimate of drug-likeness (QED) is 0.783. The number of nitrogens with one attached hydrogen (secondary N) is 1. The third-order valence-corrected chi connectivity index (χ3v) is 3.75. The van der Waals surface area contributed by atoms with Gasteiger partial charge in [0.1, 0.15) is 0 Å². The summed E-state index contributed by atoms with van der Waals surface area (Å²) >= 11 is 0. The van der Waals surface area contributed by atoms with E-state index in [2.05, 4.69) is 44.8 Å². The molecule has 1 N–H and O–H groups in total. The fourth-order valence-electron chi connectivity index (χ4n) is 2.61. The molecule has 1 saturated heterocycles. The molecule has 3 atom stereocenters. The van der Waals surface area contributed by atoms with E-state index in [0.29, 0.717) is 18.2 Å².